The number of methoxy groups -OCH3 is 1. The molecule has 2 unspecified atom stereocenters. The molecule has 0 saturated carbocycles. The van der Waals surface area contributed by atoms with Gasteiger partial charge in [0, 0.05) is 19.3 Å². The highest BCUT2D eigenvalue weighted by atomic mass is 35.5. The predicted molar refractivity (Wildman–Crippen MR) is 83.3 cm³/mol. The largest absolute Gasteiger partial charge is 0.377 e. The molecule has 0 bridgehead atoms. The van der Waals surface area contributed by atoms with Crippen LogP contribution in [0.5, 0.6) is 0 Å². The number of carbonyl (C=O) groups excluding carboxylic acids is 1. The zero-order chi connectivity index (χ0) is 13.7. The van der Waals surface area contributed by atoms with Crippen LogP contribution in [0.2, 0.25) is 0 Å². The number of rotatable bonds is 4. The number of nitrogens with one attached hydrogen (secondary N) is 2. The van der Waals surface area contributed by atoms with Crippen LogP contribution >= 0.6 is 12.4 Å². The van der Waals surface area contributed by atoms with Crippen molar-refractivity contribution in [2.75, 3.05) is 25.5 Å². The Labute approximate surface area is 126 Å². The van der Waals surface area contributed by atoms with E-state index in [9.17, 15) is 4.79 Å². The topological polar surface area (TPSA) is 50.4 Å². The quantitative estimate of drug-likeness (QED) is 0.898. The lowest BCUT2D eigenvalue weighted by atomic mass is 9.98. The van der Waals surface area contributed by atoms with E-state index in [2.05, 4.69) is 10.6 Å². The second-order valence-corrected chi connectivity index (χ2v) is 5.04. The first kappa shape index (κ1) is 17.0. The van der Waals surface area contributed by atoms with Gasteiger partial charge >= 0.3 is 0 Å². The molecule has 2 rings (SSSR count). The lowest BCUT2D eigenvalue weighted by molar-refractivity contribution is -0.120. The summed E-state index contributed by atoms with van der Waals surface area (Å²) in [6.45, 7) is 3.79. The molecule has 0 aromatic heterocycles. The minimum Gasteiger partial charge on any atom is -0.377 e. The summed E-state index contributed by atoms with van der Waals surface area (Å²) < 4.78 is 5.29. The van der Waals surface area contributed by atoms with E-state index in [1.54, 1.807) is 7.11 Å². The van der Waals surface area contributed by atoms with E-state index in [0.29, 0.717) is 0 Å². The number of halogens is 1. The Morgan fingerprint density at radius 1 is 1.50 bits per heavy atom. The van der Waals surface area contributed by atoms with Crippen LogP contribution in [-0.2, 0) is 9.53 Å². The second-order valence-electron chi connectivity index (χ2n) is 5.04. The molecule has 1 aliphatic heterocycles. The summed E-state index contributed by atoms with van der Waals surface area (Å²) in [5.41, 5.74) is 1.92. The van der Waals surface area contributed by atoms with Crippen LogP contribution < -0.4 is 10.6 Å². The van der Waals surface area contributed by atoms with Crippen molar-refractivity contribution in [1.29, 1.82) is 0 Å². The number of carbonyl (C=O) groups is 1. The molecule has 1 aromatic carbocycles. The van der Waals surface area contributed by atoms with E-state index in [1.807, 2.05) is 31.2 Å². The summed E-state index contributed by atoms with van der Waals surface area (Å²) in [4.78, 5) is 12.1. The maximum absolute atomic E-state index is 12.1. The van der Waals surface area contributed by atoms with Gasteiger partial charge in [-0.3, -0.25) is 4.79 Å². The van der Waals surface area contributed by atoms with Crippen LogP contribution in [0.4, 0.5) is 5.69 Å². The molecular weight excluding hydrogens is 276 g/mol. The van der Waals surface area contributed by atoms with Crippen molar-refractivity contribution in [2.24, 2.45) is 5.92 Å². The van der Waals surface area contributed by atoms with Gasteiger partial charge in [-0.2, -0.15) is 0 Å². The molecule has 5 heteroatoms. The van der Waals surface area contributed by atoms with Crippen molar-refractivity contribution in [3.63, 3.8) is 0 Å². The summed E-state index contributed by atoms with van der Waals surface area (Å²) in [7, 11) is 1.68. The highest BCUT2D eigenvalue weighted by Gasteiger charge is 2.20. The van der Waals surface area contributed by atoms with E-state index < -0.39 is 0 Å². The fraction of sp³-hybridized carbons (Fsp3) is 0.533. The smallest absolute Gasteiger partial charge is 0.228 e. The summed E-state index contributed by atoms with van der Waals surface area (Å²) in [6, 6.07) is 7.84. The van der Waals surface area contributed by atoms with Crippen LogP contribution in [0.25, 0.3) is 0 Å². The first-order valence-corrected chi connectivity index (χ1v) is 6.85. The summed E-state index contributed by atoms with van der Waals surface area (Å²) >= 11 is 0. The van der Waals surface area contributed by atoms with Crippen molar-refractivity contribution in [3.05, 3.63) is 29.8 Å². The highest BCUT2D eigenvalue weighted by Crippen LogP contribution is 2.20. The Balaban J connectivity index is 0.00000200. The van der Waals surface area contributed by atoms with Crippen LogP contribution in [-0.4, -0.2) is 26.1 Å². The van der Waals surface area contributed by atoms with Gasteiger partial charge in [-0.15, -0.1) is 12.4 Å². The third-order valence-electron chi connectivity index (χ3n) is 3.64. The summed E-state index contributed by atoms with van der Waals surface area (Å²) in [5, 5.41) is 6.26. The third-order valence-corrected chi connectivity index (χ3v) is 3.64. The molecule has 2 N–H and O–H groups in total. The molecule has 0 aliphatic carbocycles. The highest BCUT2D eigenvalue weighted by molar-refractivity contribution is 5.92. The van der Waals surface area contributed by atoms with E-state index in [-0.39, 0.29) is 30.3 Å². The molecule has 1 aliphatic rings. The minimum absolute atomic E-state index is 0. The lowest BCUT2D eigenvalue weighted by Crippen LogP contribution is -2.37. The standard InChI is InChI=1S/C15H22N2O2.ClH/c1-11(19-2)12-5-3-7-14(9-12)17-15(18)13-6-4-8-16-10-13;/h3,5,7,9,11,13,16H,4,6,8,10H2,1-2H3,(H,17,18);1H. The zero-order valence-electron chi connectivity index (χ0n) is 12.0. The molecule has 20 heavy (non-hydrogen) atoms. The Morgan fingerprint density at radius 3 is 2.95 bits per heavy atom. The molecule has 1 heterocycles. The van der Waals surface area contributed by atoms with Gasteiger partial charge in [-0.25, -0.2) is 0 Å². The number of hydrogen-bond acceptors (Lipinski definition) is 3. The monoisotopic (exact) mass is 298 g/mol. The predicted octanol–water partition coefficient (Wildman–Crippen LogP) is 2.75. The van der Waals surface area contributed by atoms with Gasteiger partial charge in [-0.05, 0) is 44.0 Å². The Hall–Kier alpha value is -1.10. The Bertz CT molecular complexity index is 434. The van der Waals surface area contributed by atoms with Crippen LogP contribution in [0.1, 0.15) is 31.4 Å². The SMILES string of the molecule is COC(C)c1cccc(NC(=O)C2CCCNC2)c1.Cl. The normalized spacial score (nSPS) is 19.8. The molecule has 2 atom stereocenters. The second kappa shape index (κ2) is 8.25. The van der Waals surface area contributed by atoms with E-state index in [4.69, 9.17) is 4.74 Å². The molecule has 1 saturated heterocycles. The van der Waals surface area contributed by atoms with E-state index in [0.717, 1.165) is 37.2 Å². The fourth-order valence-electron chi connectivity index (χ4n) is 2.33. The third kappa shape index (κ3) is 4.47. The van der Waals surface area contributed by atoms with Gasteiger partial charge in [0.2, 0.25) is 5.91 Å². The Morgan fingerprint density at radius 2 is 2.30 bits per heavy atom. The summed E-state index contributed by atoms with van der Waals surface area (Å²) in [5.74, 6) is 0.187. The van der Waals surface area contributed by atoms with Crippen molar-refractivity contribution >= 4 is 24.0 Å². The number of anilines is 1. The molecule has 1 fully saturated rings. The van der Waals surface area contributed by atoms with Gasteiger partial charge < -0.3 is 15.4 Å². The number of piperidine rings is 1. The van der Waals surface area contributed by atoms with Crippen molar-refractivity contribution in [3.8, 4) is 0 Å². The minimum atomic E-state index is 0. The molecule has 1 amide bonds. The van der Waals surface area contributed by atoms with Crippen LogP contribution in [0.15, 0.2) is 24.3 Å². The van der Waals surface area contributed by atoms with Gasteiger partial charge in [0.25, 0.3) is 0 Å². The molecule has 4 nitrogen and oxygen atoms in total. The number of benzene rings is 1. The van der Waals surface area contributed by atoms with Gasteiger partial charge in [0.15, 0.2) is 0 Å². The van der Waals surface area contributed by atoms with Crippen LogP contribution in [0, 0.1) is 5.92 Å². The maximum Gasteiger partial charge on any atom is 0.228 e. The molecule has 0 spiro atoms. The number of hydrogen-bond donors (Lipinski definition) is 2. The number of ether oxygens (including phenoxy) is 1. The number of amides is 1. The van der Waals surface area contributed by atoms with Crippen molar-refractivity contribution in [1.82, 2.24) is 5.32 Å². The fourth-order valence-corrected chi connectivity index (χ4v) is 2.33. The average Bonchev–Trinajstić information content (AvgIpc) is 2.47. The zero-order valence-corrected chi connectivity index (χ0v) is 12.8. The molecule has 0 radical (unpaired) electrons. The van der Waals surface area contributed by atoms with Crippen molar-refractivity contribution < 1.29 is 9.53 Å². The first-order valence-electron chi connectivity index (χ1n) is 6.85. The summed E-state index contributed by atoms with van der Waals surface area (Å²) in [6.07, 6.45) is 2.07. The average molecular weight is 299 g/mol. The Kier molecular flexibility index (Phi) is 6.99. The molecule has 112 valence electrons. The van der Waals surface area contributed by atoms with Crippen LogP contribution in [0.3, 0.4) is 0 Å². The maximum atomic E-state index is 12.1. The first-order chi connectivity index (χ1) is 9.20. The van der Waals surface area contributed by atoms with Crippen molar-refractivity contribution in [2.45, 2.75) is 25.9 Å². The molecular formula is C15H23ClN2O2. The van der Waals surface area contributed by atoms with Gasteiger partial charge in [-0.1, -0.05) is 12.1 Å². The van der Waals surface area contributed by atoms with Gasteiger partial charge in [0.1, 0.15) is 0 Å². The van der Waals surface area contributed by atoms with Gasteiger partial charge in [0.05, 0.1) is 12.0 Å². The lowest BCUT2D eigenvalue weighted by Gasteiger charge is -2.22. The van der Waals surface area contributed by atoms with E-state index >= 15 is 0 Å². The molecule has 1 aromatic rings. The van der Waals surface area contributed by atoms with E-state index in [1.165, 1.54) is 0 Å².